The van der Waals surface area contributed by atoms with Gasteiger partial charge in [0.15, 0.2) is 0 Å². The van der Waals surface area contributed by atoms with Gasteiger partial charge in [0.25, 0.3) is 5.91 Å². The molecule has 1 amide bonds. The molecule has 0 atom stereocenters. The number of hydrogen-bond acceptors (Lipinski definition) is 5. The van der Waals surface area contributed by atoms with E-state index in [1.165, 1.54) is 29.6 Å². The van der Waals surface area contributed by atoms with Crippen LogP contribution in [-0.2, 0) is 14.8 Å². The molecule has 7 nitrogen and oxygen atoms in total. The van der Waals surface area contributed by atoms with E-state index in [9.17, 15) is 13.2 Å². The number of rotatable bonds is 7. The van der Waals surface area contributed by atoms with Gasteiger partial charge in [-0.25, -0.2) is 8.42 Å². The molecule has 2 aliphatic heterocycles. The van der Waals surface area contributed by atoms with Gasteiger partial charge in [-0.3, -0.25) is 4.79 Å². The molecule has 0 saturated carbocycles. The van der Waals surface area contributed by atoms with Gasteiger partial charge in [0.2, 0.25) is 10.0 Å². The van der Waals surface area contributed by atoms with E-state index in [0.717, 1.165) is 31.6 Å². The van der Waals surface area contributed by atoms with Gasteiger partial charge >= 0.3 is 0 Å². The molecule has 0 spiro atoms. The van der Waals surface area contributed by atoms with Gasteiger partial charge in [-0.15, -0.1) is 0 Å². The molecular weight excluding hydrogens is 378 g/mol. The number of aryl methyl sites for hydroxylation is 1. The maximum atomic E-state index is 12.8. The summed E-state index contributed by atoms with van der Waals surface area (Å²) in [5.41, 5.74) is 1.20. The second kappa shape index (κ2) is 9.82. The highest BCUT2D eigenvalue weighted by molar-refractivity contribution is 7.89. The predicted molar refractivity (Wildman–Crippen MR) is 108 cm³/mol. The van der Waals surface area contributed by atoms with Crippen molar-refractivity contribution in [2.45, 2.75) is 37.5 Å². The monoisotopic (exact) mass is 409 g/mol. The number of nitrogens with zero attached hydrogens (tertiary/aromatic N) is 2. The van der Waals surface area contributed by atoms with Crippen molar-refractivity contribution in [2.75, 3.05) is 52.5 Å². The number of likely N-dealkylation sites (tertiary alicyclic amines) is 1. The number of morpholine rings is 1. The number of carbonyl (C=O) groups excluding carboxylic acids is 1. The Morgan fingerprint density at radius 3 is 2.54 bits per heavy atom. The van der Waals surface area contributed by atoms with E-state index in [2.05, 4.69) is 10.2 Å². The molecule has 0 aliphatic carbocycles. The Hall–Kier alpha value is -1.48. The molecule has 2 saturated heterocycles. The van der Waals surface area contributed by atoms with Gasteiger partial charge in [0.1, 0.15) is 0 Å². The lowest BCUT2D eigenvalue weighted by atomic mass is 10.1. The van der Waals surface area contributed by atoms with Crippen molar-refractivity contribution in [3.63, 3.8) is 0 Å². The standard InChI is InChI=1S/C20H31N3O4S/c1-17-6-7-18(28(25,26)23-12-14-27-15-13-23)16-19(17)20(24)21-8-5-11-22-9-3-2-4-10-22/h6-7,16H,2-5,8-15H2,1H3,(H,21,24). The fourth-order valence-electron chi connectivity index (χ4n) is 3.73. The molecule has 0 radical (unpaired) electrons. The number of hydrogen-bond donors (Lipinski definition) is 1. The topological polar surface area (TPSA) is 78.9 Å². The number of carbonyl (C=O) groups is 1. The first-order chi connectivity index (χ1) is 13.5. The van der Waals surface area contributed by atoms with Crippen LogP contribution in [0.4, 0.5) is 0 Å². The Morgan fingerprint density at radius 1 is 1.11 bits per heavy atom. The molecule has 8 heteroatoms. The van der Waals surface area contributed by atoms with E-state index in [-0.39, 0.29) is 10.8 Å². The van der Waals surface area contributed by atoms with Crippen LogP contribution in [0.2, 0.25) is 0 Å². The summed E-state index contributed by atoms with van der Waals surface area (Å²) in [7, 11) is -3.61. The Labute approximate surface area is 168 Å². The molecule has 0 bridgehead atoms. The minimum absolute atomic E-state index is 0.165. The van der Waals surface area contributed by atoms with Crippen molar-refractivity contribution < 1.29 is 17.9 Å². The Bertz CT molecular complexity index is 770. The third-order valence-electron chi connectivity index (χ3n) is 5.45. The zero-order valence-electron chi connectivity index (χ0n) is 16.7. The van der Waals surface area contributed by atoms with Crippen LogP contribution in [0.3, 0.4) is 0 Å². The summed E-state index contributed by atoms with van der Waals surface area (Å²) in [5.74, 6) is -0.213. The van der Waals surface area contributed by atoms with Crippen LogP contribution in [0.1, 0.15) is 41.6 Å². The van der Waals surface area contributed by atoms with E-state index in [0.29, 0.717) is 38.4 Å². The lowest BCUT2D eigenvalue weighted by Crippen LogP contribution is -2.40. The molecule has 28 heavy (non-hydrogen) atoms. The Kier molecular flexibility index (Phi) is 7.45. The maximum absolute atomic E-state index is 12.8. The number of nitrogens with one attached hydrogen (secondary N) is 1. The van der Waals surface area contributed by atoms with E-state index < -0.39 is 10.0 Å². The van der Waals surface area contributed by atoms with Crippen molar-refractivity contribution >= 4 is 15.9 Å². The van der Waals surface area contributed by atoms with Crippen LogP contribution in [0.25, 0.3) is 0 Å². The van der Waals surface area contributed by atoms with Crippen molar-refractivity contribution in [3.05, 3.63) is 29.3 Å². The van der Waals surface area contributed by atoms with E-state index in [4.69, 9.17) is 4.74 Å². The smallest absolute Gasteiger partial charge is 0.251 e. The summed E-state index contributed by atoms with van der Waals surface area (Å²) in [4.78, 5) is 15.2. The number of ether oxygens (including phenoxy) is 1. The number of benzene rings is 1. The SMILES string of the molecule is Cc1ccc(S(=O)(=O)N2CCOCC2)cc1C(=O)NCCCN1CCCCC1. The normalized spacial score (nSPS) is 19.5. The molecule has 2 fully saturated rings. The third-order valence-corrected chi connectivity index (χ3v) is 7.34. The van der Waals surface area contributed by atoms with Crippen LogP contribution < -0.4 is 5.32 Å². The fraction of sp³-hybridized carbons (Fsp3) is 0.650. The van der Waals surface area contributed by atoms with Gasteiger partial charge in [0.05, 0.1) is 18.1 Å². The lowest BCUT2D eigenvalue weighted by molar-refractivity contribution is 0.0730. The molecule has 0 unspecified atom stereocenters. The minimum Gasteiger partial charge on any atom is -0.379 e. The highest BCUT2D eigenvalue weighted by Crippen LogP contribution is 2.20. The Balaban J connectivity index is 1.59. The molecule has 1 aromatic rings. The summed E-state index contributed by atoms with van der Waals surface area (Å²) in [6, 6.07) is 4.78. The van der Waals surface area contributed by atoms with Gasteiger partial charge < -0.3 is 15.0 Å². The first-order valence-corrected chi connectivity index (χ1v) is 11.6. The molecule has 2 aliphatic rings. The number of piperidine rings is 1. The van der Waals surface area contributed by atoms with Crippen molar-refractivity contribution in [1.29, 1.82) is 0 Å². The van der Waals surface area contributed by atoms with Crippen LogP contribution in [0.5, 0.6) is 0 Å². The Morgan fingerprint density at radius 2 is 1.82 bits per heavy atom. The molecule has 3 rings (SSSR count). The van der Waals surface area contributed by atoms with Crippen LogP contribution in [-0.4, -0.2) is 76.0 Å². The van der Waals surface area contributed by atoms with Crippen LogP contribution in [0, 0.1) is 6.92 Å². The highest BCUT2D eigenvalue weighted by Gasteiger charge is 2.27. The van der Waals surface area contributed by atoms with Gasteiger partial charge in [-0.1, -0.05) is 12.5 Å². The quantitative estimate of drug-likeness (QED) is 0.693. The number of sulfonamides is 1. The summed E-state index contributed by atoms with van der Waals surface area (Å²) in [6.45, 7) is 7.18. The molecule has 1 aromatic carbocycles. The summed E-state index contributed by atoms with van der Waals surface area (Å²) in [5, 5.41) is 2.94. The second-order valence-corrected chi connectivity index (χ2v) is 9.44. The predicted octanol–water partition coefficient (Wildman–Crippen LogP) is 1.62. The lowest BCUT2D eigenvalue weighted by Gasteiger charge is -2.26. The third kappa shape index (κ3) is 5.31. The zero-order chi connectivity index (χ0) is 20.0. The summed E-state index contributed by atoms with van der Waals surface area (Å²) in [6.07, 6.45) is 4.73. The summed E-state index contributed by atoms with van der Waals surface area (Å²) >= 11 is 0. The first kappa shape index (κ1) is 21.2. The maximum Gasteiger partial charge on any atom is 0.251 e. The molecule has 0 aromatic heterocycles. The molecule has 1 N–H and O–H groups in total. The average molecular weight is 410 g/mol. The van der Waals surface area contributed by atoms with Crippen LogP contribution in [0.15, 0.2) is 23.1 Å². The second-order valence-electron chi connectivity index (χ2n) is 7.50. The van der Waals surface area contributed by atoms with Gasteiger partial charge in [-0.05, 0) is 63.5 Å². The van der Waals surface area contributed by atoms with Crippen molar-refractivity contribution in [1.82, 2.24) is 14.5 Å². The highest BCUT2D eigenvalue weighted by atomic mass is 32.2. The van der Waals surface area contributed by atoms with Crippen LogP contribution >= 0.6 is 0 Å². The molecular formula is C20H31N3O4S. The molecule has 156 valence electrons. The van der Waals surface area contributed by atoms with Gasteiger partial charge in [0, 0.05) is 25.2 Å². The fourth-order valence-corrected chi connectivity index (χ4v) is 5.16. The zero-order valence-corrected chi connectivity index (χ0v) is 17.5. The van der Waals surface area contributed by atoms with E-state index in [1.54, 1.807) is 12.1 Å². The average Bonchev–Trinajstić information content (AvgIpc) is 2.72. The van der Waals surface area contributed by atoms with E-state index >= 15 is 0 Å². The molecule has 2 heterocycles. The summed E-state index contributed by atoms with van der Waals surface area (Å²) < 4.78 is 32.3. The number of amides is 1. The van der Waals surface area contributed by atoms with Crippen molar-refractivity contribution in [2.24, 2.45) is 0 Å². The van der Waals surface area contributed by atoms with Crippen molar-refractivity contribution in [3.8, 4) is 0 Å². The minimum atomic E-state index is -3.61. The first-order valence-electron chi connectivity index (χ1n) is 10.2. The van der Waals surface area contributed by atoms with E-state index in [1.807, 2.05) is 6.92 Å². The largest absolute Gasteiger partial charge is 0.379 e. The van der Waals surface area contributed by atoms with Gasteiger partial charge in [-0.2, -0.15) is 4.31 Å².